The molecule has 0 aromatic carbocycles. The molecule has 1 N–H and O–H groups in total. The highest BCUT2D eigenvalue weighted by atomic mass is 16.6. The molecular formula is C8H14O3. The summed E-state index contributed by atoms with van der Waals surface area (Å²) < 4.78 is 4.88. The van der Waals surface area contributed by atoms with E-state index in [0.29, 0.717) is 0 Å². The summed E-state index contributed by atoms with van der Waals surface area (Å²) in [7, 11) is 0. The number of esters is 1. The van der Waals surface area contributed by atoms with E-state index in [1.807, 2.05) is 6.92 Å². The highest BCUT2D eigenvalue weighted by Crippen LogP contribution is 2.25. The van der Waals surface area contributed by atoms with Gasteiger partial charge in [0.05, 0.1) is 5.92 Å². The molecule has 2 atom stereocenters. The normalized spacial score (nSPS) is 29.5. The average molecular weight is 158 g/mol. The highest BCUT2D eigenvalue weighted by Gasteiger charge is 2.37. The molecule has 1 aliphatic heterocycles. The van der Waals surface area contributed by atoms with Crippen molar-refractivity contribution in [2.75, 3.05) is 6.61 Å². The Morgan fingerprint density at radius 2 is 2.27 bits per heavy atom. The number of carbonyl (C=O) groups excluding carboxylic acids is 1. The molecule has 0 spiro atoms. The van der Waals surface area contributed by atoms with E-state index in [2.05, 4.69) is 0 Å². The standard InChI is InChI=1S/C8H14O3/c1-6-7(11-8(6)10)4-2-3-5-9/h6-7,9H,2-5H2,1H3/t6-,7-/m1/s1. The second-order valence-corrected chi connectivity index (χ2v) is 2.98. The number of hydrogen-bond donors (Lipinski definition) is 1. The fraction of sp³-hybridized carbons (Fsp3) is 0.875. The summed E-state index contributed by atoms with van der Waals surface area (Å²) in [5.74, 6) is -0.00677. The second kappa shape index (κ2) is 3.72. The Morgan fingerprint density at radius 1 is 1.55 bits per heavy atom. The molecule has 0 amide bonds. The first kappa shape index (κ1) is 8.53. The molecule has 1 aliphatic rings. The first-order valence-corrected chi connectivity index (χ1v) is 4.07. The third-order valence-electron chi connectivity index (χ3n) is 2.09. The molecule has 0 aliphatic carbocycles. The van der Waals surface area contributed by atoms with Crippen LogP contribution in [0.5, 0.6) is 0 Å². The molecule has 11 heavy (non-hydrogen) atoms. The fourth-order valence-corrected chi connectivity index (χ4v) is 1.20. The minimum atomic E-state index is -0.0843. The van der Waals surface area contributed by atoms with Crippen LogP contribution < -0.4 is 0 Å². The van der Waals surface area contributed by atoms with E-state index in [9.17, 15) is 4.79 Å². The zero-order valence-corrected chi connectivity index (χ0v) is 6.75. The summed E-state index contributed by atoms with van der Waals surface area (Å²) in [5, 5.41) is 8.48. The third kappa shape index (κ3) is 1.93. The maximum Gasteiger partial charge on any atom is 0.312 e. The lowest BCUT2D eigenvalue weighted by atomic mass is 9.95. The molecule has 0 saturated carbocycles. The molecule has 1 rings (SSSR count). The zero-order chi connectivity index (χ0) is 8.27. The smallest absolute Gasteiger partial charge is 0.312 e. The molecule has 0 aromatic rings. The number of unbranched alkanes of at least 4 members (excludes halogenated alkanes) is 1. The van der Waals surface area contributed by atoms with Gasteiger partial charge in [-0.2, -0.15) is 0 Å². The molecule has 3 nitrogen and oxygen atoms in total. The second-order valence-electron chi connectivity index (χ2n) is 2.98. The summed E-state index contributed by atoms with van der Waals surface area (Å²) in [6.45, 7) is 2.12. The van der Waals surface area contributed by atoms with Crippen molar-refractivity contribution in [2.45, 2.75) is 32.3 Å². The fourth-order valence-electron chi connectivity index (χ4n) is 1.20. The summed E-state index contributed by atoms with van der Waals surface area (Å²) >= 11 is 0. The summed E-state index contributed by atoms with van der Waals surface area (Å²) in [4.78, 5) is 10.6. The third-order valence-corrected chi connectivity index (χ3v) is 2.09. The van der Waals surface area contributed by atoms with Crippen LogP contribution in [0, 0.1) is 5.92 Å². The van der Waals surface area contributed by atoms with Gasteiger partial charge in [-0.1, -0.05) is 0 Å². The van der Waals surface area contributed by atoms with Gasteiger partial charge >= 0.3 is 5.97 Å². The maximum absolute atomic E-state index is 10.6. The minimum Gasteiger partial charge on any atom is -0.461 e. The number of ether oxygens (including phenoxy) is 1. The van der Waals surface area contributed by atoms with E-state index in [0.717, 1.165) is 19.3 Å². The van der Waals surface area contributed by atoms with Crippen molar-refractivity contribution in [1.29, 1.82) is 0 Å². The summed E-state index contributed by atoms with van der Waals surface area (Å²) in [5.41, 5.74) is 0. The van der Waals surface area contributed by atoms with Gasteiger partial charge in [-0.3, -0.25) is 4.79 Å². The van der Waals surface area contributed by atoms with Gasteiger partial charge in [0.1, 0.15) is 6.10 Å². The van der Waals surface area contributed by atoms with Crippen LogP contribution in [0.1, 0.15) is 26.2 Å². The van der Waals surface area contributed by atoms with Crippen LogP contribution in [-0.4, -0.2) is 23.8 Å². The van der Waals surface area contributed by atoms with Gasteiger partial charge in [0.25, 0.3) is 0 Å². The maximum atomic E-state index is 10.6. The predicted molar refractivity (Wildman–Crippen MR) is 40.0 cm³/mol. The van der Waals surface area contributed by atoms with E-state index in [1.165, 1.54) is 0 Å². The van der Waals surface area contributed by atoms with Crippen molar-refractivity contribution >= 4 is 5.97 Å². The highest BCUT2D eigenvalue weighted by molar-refractivity contribution is 5.77. The SMILES string of the molecule is C[C@H]1C(=O)O[C@@H]1CCCCO. The van der Waals surface area contributed by atoms with Gasteiger partial charge in [0, 0.05) is 6.61 Å². The Hall–Kier alpha value is -0.570. The largest absolute Gasteiger partial charge is 0.461 e. The number of rotatable bonds is 4. The van der Waals surface area contributed by atoms with Gasteiger partial charge in [-0.05, 0) is 26.2 Å². The lowest BCUT2D eigenvalue weighted by Crippen LogP contribution is -2.42. The van der Waals surface area contributed by atoms with Crippen molar-refractivity contribution in [1.82, 2.24) is 0 Å². The summed E-state index contributed by atoms with van der Waals surface area (Å²) in [6.07, 6.45) is 2.77. The Balaban J connectivity index is 2.05. The zero-order valence-electron chi connectivity index (χ0n) is 6.75. The number of hydrogen-bond acceptors (Lipinski definition) is 3. The Labute approximate surface area is 66.4 Å². The van der Waals surface area contributed by atoms with E-state index in [-0.39, 0.29) is 24.6 Å². The van der Waals surface area contributed by atoms with E-state index >= 15 is 0 Å². The molecule has 0 radical (unpaired) electrons. The lowest BCUT2D eigenvalue weighted by Gasteiger charge is -2.32. The van der Waals surface area contributed by atoms with Crippen molar-refractivity contribution in [3.8, 4) is 0 Å². The molecule has 1 heterocycles. The van der Waals surface area contributed by atoms with Gasteiger partial charge < -0.3 is 9.84 Å². The monoisotopic (exact) mass is 158 g/mol. The van der Waals surface area contributed by atoms with E-state index in [1.54, 1.807) is 0 Å². The Bertz CT molecular complexity index is 144. The van der Waals surface area contributed by atoms with Crippen LogP contribution >= 0.6 is 0 Å². The molecular weight excluding hydrogens is 144 g/mol. The minimum absolute atomic E-state index is 0.0775. The molecule has 0 unspecified atom stereocenters. The molecule has 0 aromatic heterocycles. The van der Waals surface area contributed by atoms with Crippen LogP contribution in [-0.2, 0) is 9.53 Å². The Morgan fingerprint density at radius 3 is 2.73 bits per heavy atom. The number of carbonyl (C=O) groups is 1. The molecule has 3 heteroatoms. The van der Waals surface area contributed by atoms with Crippen molar-refractivity contribution in [3.05, 3.63) is 0 Å². The summed E-state index contributed by atoms with van der Waals surface area (Å²) in [6, 6.07) is 0. The quantitative estimate of drug-likeness (QED) is 0.484. The van der Waals surface area contributed by atoms with E-state index < -0.39 is 0 Å². The molecule has 1 fully saturated rings. The van der Waals surface area contributed by atoms with Crippen LogP contribution in [0.4, 0.5) is 0 Å². The van der Waals surface area contributed by atoms with E-state index in [4.69, 9.17) is 9.84 Å². The topological polar surface area (TPSA) is 46.5 Å². The Kier molecular flexibility index (Phi) is 2.88. The predicted octanol–water partition coefficient (Wildman–Crippen LogP) is 0.710. The van der Waals surface area contributed by atoms with Crippen LogP contribution in [0.3, 0.4) is 0 Å². The number of cyclic esters (lactones) is 1. The molecule has 1 saturated heterocycles. The van der Waals surface area contributed by atoms with Crippen LogP contribution in [0.15, 0.2) is 0 Å². The first-order chi connectivity index (χ1) is 5.25. The number of aliphatic hydroxyl groups is 1. The lowest BCUT2D eigenvalue weighted by molar-refractivity contribution is -0.183. The van der Waals surface area contributed by atoms with Crippen molar-refractivity contribution in [2.24, 2.45) is 5.92 Å². The van der Waals surface area contributed by atoms with Gasteiger partial charge in [0.15, 0.2) is 0 Å². The molecule has 0 bridgehead atoms. The van der Waals surface area contributed by atoms with Crippen LogP contribution in [0.25, 0.3) is 0 Å². The van der Waals surface area contributed by atoms with Gasteiger partial charge in [0.2, 0.25) is 0 Å². The van der Waals surface area contributed by atoms with Crippen LogP contribution in [0.2, 0.25) is 0 Å². The first-order valence-electron chi connectivity index (χ1n) is 4.07. The van der Waals surface area contributed by atoms with Crippen molar-refractivity contribution < 1.29 is 14.6 Å². The van der Waals surface area contributed by atoms with Gasteiger partial charge in [-0.25, -0.2) is 0 Å². The molecule has 64 valence electrons. The number of aliphatic hydroxyl groups excluding tert-OH is 1. The van der Waals surface area contributed by atoms with Crippen molar-refractivity contribution in [3.63, 3.8) is 0 Å². The average Bonchev–Trinajstić information content (AvgIpc) is 2.03. The van der Waals surface area contributed by atoms with Gasteiger partial charge in [-0.15, -0.1) is 0 Å².